The highest BCUT2D eigenvalue weighted by molar-refractivity contribution is 7.89. The largest absolute Gasteiger partial charge is 0.494 e. The van der Waals surface area contributed by atoms with Crippen molar-refractivity contribution in [1.82, 2.24) is 9.84 Å². The number of nitriles is 2. The van der Waals surface area contributed by atoms with E-state index in [-0.39, 0.29) is 4.90 Å². The maximum atomic E-state index is 12.6. The molecule has 178 valence electrons. The molecule has 1 saturated heterocycles. The maximum Gasteiger partial charge on any atom is 0.253 e. The number of hydrogen-bond donors (Lipinski definition) is 1. The van der Waals surface area contributed by atoms with E-state index in [2.05, 4.69) is 10.9 Å². The zero-order valence-corrected chi connectivity index (χ0v) is 20.0. The van der Waals surface area contributed by atoms with Crippen LogP contribution in [-0.4, -0.2) is 33.1 Å². The van der Waals surface area contributed by atoms with Crippen molar-refractivity contribution in [3.8, 4) is 29.0 Å². The third kappa shape index (κ3) is 6.46. The summed E-state index contributed by atoms with van der Waals surface area (Å²) in [5, 5.41) is 19.5. The quantitative estimate of drug-likeness (QED) is 0.447. The molecule has 35 heavy (non-hydrogen) atoms. The predicted octanol–water partition coefficient (Wildman–Crippen LogP) is 4.47. The minimum atomic E-state index is -3.65. The van der Waals surface area contributed by atoms with Crippen LogP contribution in [0.5, 0.6) is 5.75 Å². The molecule has 0 bridgehead atoms. The van der Waals surface area contributed by atoms with Crippen LogP contribution in [0.2, 0.25) is 0 Å². The lowest BCUT2D eigenvalue weighted by atomic mass is 10.0. The van der Waals surface area contributed by atoms with Gasteiger partial charge in [-0.15, -0.1) is 4.83 Å². The van der Waals surface area contributed by atoms with Crippen LogP contribution >= 0.6 is 0 Å². The number of rotatable bonds is 9. The summed E-state index contributed by atoms with van der Waals surface area (Å²) in [6, 6.07) is 25.4. The Balaban J connectivity index is 1.19. The van der Waals surface area contributed by atoms with Crippen LogP contribution in [0.3, 0.4) is 0 Å². The van der Waals surface area contributed by atoms with E-state index in [1.54, 1.807) is 5.01 Å². The third-order valence-corrected chi connectivity index (χ3v) is 7.45. The summed E-state index contributed by atoms with van der Waals surface area (Å²) in [6.07, 6.45) is 2.77. The molecule has 1 heterocycles. The predicted molar refractivity (Wildman–Crippen MR) is 132 cm³/mol. The van der Waals surface area contributed by atoms with E-state index in [0.29, 0.717) is 36.7 Å². The van der Waals surface area contributed by atoms with Gasteiger partial charge >= 0.3 is 0 Å². The lowest BCUT2D eigenvalue weighted by Crippen LogP contribution is -2.40. The van der Waals surface area contributed by atoms with E-state index in [4.69, 9.17) is 15.3 Å². The van der Waals surface area contributed by atoms with Crippen molar-refractivity contribution >= 4 is 10.0 Å². The molecule has 1 aliphatic heterocycles. The normalized spacial score (nSPS) is 15.9. The van der Waals surface area contributed by atoms with Gasteiger partial charge in [0.1, 0.15) is 5.75 Å². The molecule has 3 aromatic rings. The highest BCUT2D eigenvalue weighted by Crippen LogP contribution is 2.24. The first-order valence-corrected chi connectivity index (χ1v) is 13.0. The molecule has 0 aromatic heterocycles. The van der Waals surface area contributed by atoms with Crippen LogP contribution in [0.25, 0.3) is 11.1 Å². The Kier molecular flexibility index (Phi) is 7.79. The topological polar surface area (TPSA) is 106 Å². The fourth-order valence-electron chi connectivity index (χ4n) is 4.13. The zero-order chi connectivity index (χ0) is 24.7. The standard InChI is InChI=1S/C27H26N4O3S/c28-18-21-3-7-24(8-4-21)25-9-11-26(12-10-25)34-17-1-2-23-15-16-31(20-23)30-35(32,33)27-13-5-22(19-29)6-14-27/h3-14,23,30H,1-2,15-17,20H2/t23-/m1/s1. The first kappa shape index (κ1) is 24.4. The molecule has 1 atom stereocenters. The lowest BCUT2D eigenvalue weighted by molar-refractivity contribution is 0.269. The zero-order valence-electron chi connectivity index (χ0n) is 19.2. The fourth-order valence-corrected chi connectivity index (χ4v) is 5.23. The van der Waals surface area contributed by atoms with Gasteiger partial charge in [-0.2, -0.15) is 10.5 Å². The number of hydrogen-bond acceptors (Lipinski definition) is 6. The maximum absolute atomic E-state index is 12.6. The molecule has 1 aliphatic rings. The van der Waals surface area contributed by atoms with Gasteiger partial charge in [0.05, 0.1) is 34.8 Å². The smallest absolute Gasteiger partial charge is 0.253 e. The number of nitrogens with one attached hydrogen (secondary N) is 1. The summed E-state index contributed by atoms with van der Waals surface area (Å²) in [4.78, 5) is 2.81. The van der Waals surface area contributed by atoms with E-state index in [1.165, 1.54) is 24.3 Å². The van der Waals surface area contributed by atoms with Crippen LogP contribution in [0.4, 0.5) is 0 Å². The van der Waals surface area contributed by atoms with Crippen molar-refractivity contribution in [2.45, 2.75) is 24.2 Å². The second kappa shape index (κ2) is 11.2. The molecule has 0 radical (unpaired) electrons. The summed E-state index contributed by atoms with van der Waals surface area (Å²) in [7, 11) is -3.65. The first-order valence-electron chi connectivity index (χ1n) is 11.5. The molecule has 0 amide bonds. The van der Waals surface area contributed by atoms with Crippen molar-refractivity contribution in [1.29, 1.82) is 10.5 Å². The second-order valence-corrected chi connectivity index (χ2v) is 10.2. The van der Waals surface area contributed by atoms with E-state index in [0.717, 1.165) is 36.1 Å². The number of ether oxygens (including phenoxy) is 1. The van der Waals surface area contributed by atoms with Gasteiger partial charge in [-0.3, -0.25) is 0 Å². The molecule has 1 fully saturated rings. The van der Waals surface area contributed by atoms with Gasteiger partial charge in [-0.05, 0) is 84.8 Å². The van der Waals surface area contributed by atoms with E-state index in [1.807, 2.05) is 54.6 Å². The highest BCUT2D eigenvalue weighted by Gasteiger charge is 2.26. The molecule has 1 N–H and O–H groups in total. The lowest BCUT2D eigenvalue weighted by Gasteiger charge is -2.17. The number of sulfonamides is 1. The number of nitrogens with zero attached hydrogens (tertiary/aromatic N) is 3. The third-order valence-electron chi connectivity index (χ3n) is 6.06. The minimum Gasteiger partial charge on any atom is -0.494 e. The van der Waals surface area contributed by atoms with Gasteiger partial charge in [0.15, 0.2) is 0 Å². The Morgan fingerprint density at radius 3 is 2.06 bits per heavy atom. The summed E-state index contributed by atoms with van der Waals surface area (Å²) in [5.74, 6) is 1.21. The van der Waals surface area contributed by atoms with Gasteiger partial charge in [-0.1, -0.05) is 24.3 Å². The Bertz CT molecular complexity index is 1320. The van der Waals surface area contributed by atoms with Gasteiger partial charge in [0.2, 0.25) is 0 Å². The van der Waals surface area contributed by atoms with E-state index in [9.17, 15) is 8.42 Å². The fraction of sp³-hybridized carbons (Fsp3) is 0.259. The summed E-state index contributed by atoms with van der Waals surface area (Å²) < 4.78 is 31.1. The van der Waals surface area contributed by atoms with Crippen molar-refractivity contribution in [2.75, 3.05) is 19.7 Å². The van der Waals surface area contributed by atoms with Crippen LogP contribution < -0.4 is 9.57 Å². The van der Waals surface area contributed by atoms with E-state index >= 15 is 0 Å². The van der Waals surface area contributed by atoms with Crippen molar-refractivity contribution in [3.63, 3.8) is 0 Å². The molecule has 3 aromatic carbocycles. The monoisotopic (exact) mass is 486 g/mol. The summed E-state index contributed by atoms with van der Waals surface area (Å²) in [5.41, 5.74) is 3.19. The average molecular weight is 487 g/mol. The molecular weight excluding hydrogens is 460 g/mol. The van der Waals surface area contributed by atoms with Crippen LogP contribution in [0.15, 0.2) is 77.7 Å². The van der Waals surface area contributed by atoms with Crippen molar-refractivity contribution < 1.29 is 13.2 Å². The molecule has 7 nitrogen and oxygen atoms in total. The molecule has 0 unspecified atom stereocenters. The Morgan fingerprint density at radius 2 is 1.46 bits per heavy atom. The summed E-state index contributed by atoms with van der Waals surface area (Å²) >= 11 is 0. The van der Waals surface area contributed by atoms with E-state index < -0.39 is 10.0 Å². The van der Waals surface area contributed by atoms with Crippen molar-refractivity contribution in [3.05, 3.63) is 83.9 Å². The molecule has 4 rings (SSSR count). The molecule has 0 saturated carbocycles. The minimum absolute atomic E-state index is 0.151. The SMILES string of the molecule is N#Cc1ccc(-c2ccc(OCCC[C@@H]3CCN(NS(=O)(=O)c4ccc(C#N)cc4)C3)cc2)cc1. The van der Waals surface area contributed by atoms with Gasteiger partial charge in [0, 0.05) is 13.1 Å². The van der Waals surface area contributed by atoms with Crippen LogP contribution in [0.1, 0.15) is 30.4 Å². The van der Waals surface area contributed by atoms with Gasteiger partial charge in [0.25, 0.3) is 10.0 Å². The highest BCUT2D eigenvalue weighted by atomic mass is 32.2. The number of benzene rings is 3. The number of hydrazine groups is 1. The van der Waals surface area contributed by atoms with Crippen LogP contribution in [-0.2, 0) is 10.0 Å². The second-order valence-electron chi connectivity index (χ2n) is 8.54. The Labute approximate surface area is 206 Å². The molecule has 0 spiro atoms. The Morgan fingerprint density at radius 1 is 0.886 bits per heavy atom. The van der Waals surface area contributed by atoms with Gasteiger partial charge in [-0.25, -0.2) is 13.4 Å². The van der Waals surface area contributed by atoms with Gasteiger partial charge < -0.3 is 4.74 Å². The van der Waals surface area contributed by atoms with Crippen molar-refractivity contribution in [2.24, 2.45) is 5.92 Å². The Hall–Kier alpha value is -3.69. The first-order chi connectivity index (χ1) is 17.0. The molecular formula is C27H26N4O3S. The average Bonchev–Trinajstić information content (AvgIpc) is 3.33. The van der Waals surface area contributed by atoms with Crippen LogP contribution in [0, 0.1) is 28.6 Å². The molecule has 0 aliphatic carbocycles. The summed E-state index contributed by atoms with van der Waals surface area (Å²) in [6.45, 7) is 1.93. The molecule has 8 heteroatoms.